The fourth-order valence-electron chi connectivity index (χ4n) is 2.40. The number of hydrogen-bond acceptors (Lipinski definition) is 3. The summed E-state index contributed by atoms with van der Waals surface area (Å²) in [7, 11) is 0. The average Bonchev–Trinajstić information content (AvgIpc) is 2.88. The van der Waals surface area contributed by atoms with Gasteiger partial charge in [0.05, 0.1) is 11.1 Å². The van der Waals surface area contributed by atoms with E-state index in [0.29, 0.717) is 19.4 Å². The second kappa shape index (κ2) is 5.83. The van der Waals surface area contributed by atoms with Crippen molar-refractivity contribution in [2.24, 2.45) is 5.73 Å². The highest BCUT2D eigenvalue weighted by Gasteiger charge is 2.20. The average molecular weight is 298 g/mol. The SMILES string of the molecule is CCn1nc(C)c2nc(C(C)Cl)n(CCCC(N)=O)c21. The molecule has 1 unspecified atom stereocenters. The van der Waals surface area contributed by atoms with Crippen LogP contribution in [0.25, 0.3) is 11.2 Å². The Morgan fingerprint density at radius 2 is 2.20 bits per heavy atom. The van der Waals surface area contributed by atoms with Gasteiger partial charge in [-0.1, -0.05) is 0 Å². The van der Waals surface area contributed by atoms with Gasteiger partial charge in [-0.3, -0.25) is 4.79 Å². The van der Waals surface area contributed by atoms with Crippen LogP contribution in [-0.2, 0) is 17.9 Å². The predicted molar refractivity (Wildman–Crippen MR) is 78.6 cm³/mol. The van der Waals surface area contributed by atoms with Crippen molar-refractivity contribution in [2.75, 3.05) is 0 Å². The highest BCUT2D eigenvalue weighted by atomic mass is 35.5. The van der Waals surface area contributed by atoms with Crippen LogP contribution >= 0.6 is 11.6 Å². The van der Waals surface area contributed by atoms with E-state index >= 15 is 0 Å². The van der Waals surface area contributed by atoms with Gasteiger partial charge in [0.2, 0.25) is 5.91 Å². The molecule has 2 rings (SSSR count). The number of carbonyl (C=O) groups excluding carboxylic acids is 1. The van der Waals surface area contributed by atoms with Gasteiger partial charge in [0.1, 0.15) is 11.3 Å². The number of nitrogens with zero attached hydrogens (tertiary/aromatic N) is 4. The van der Waals surface area contributed by atoms with E-state index in [-0.39, 0.29) is 11.3 Å². The molecule has 2 N–H and O–H groups in total. The van der Waals surface area contributed by atoms with E-state index in [1.165, 1.54) is 0 Å². The van der Waals surface area contributed by atoms with Gasteiger partial charge in [0.25, 0.3) is 0 Å². The largest absolute Gasteiger partial charge is 0.370 e. The molecular weight excluding hydrogens is 278 g/mol. The molecule has 20 heavy (non-hydrogen) atoms. The number of nitrogens with two attached hydrogens (primary N) is 1. The van der Waals surface area contributed by atoms with Gasteiger partial charge >= 0.3 is 0 Å². The van der Waals surface area contributed by atoms with Crippen LogP contribution in [0, 0.1) is 6.92 Å². The van der Waals surface area contributed by atoms with Crippen molar-refractivity contribution < 1.29 is 4.79 Å². The monoisotopic (exact) mass is 297 g/mol. The molecule has 0 saturated carbocycles. The van der Waals surface area contributed by atoms with Crippen LogP contribution in [-0.4, -0.2) is 25.2 Å². The van der Waals surface area contributed by atoms with Crippen LogP contribution in [0.15, 0.2) is 0 Å². The van der Waals surface area contributed by atoms with E-state index in [1.807, 2.05) is 25.5 Å². The minimum Gasteiger partial charge on any atom is -0.370 e. The first-order valence-corrected chi connectivity index (χ1v) is 7.25. The van der Waals surface area contributed by atoms with Crippen LogP contribution in [0.5, 0.6) is 0 Å². The number of aromatic nitrogens is 4. The third-order valence-corrected chi connectivity index (χ3v) is 3.48. The van der Waals surface area contributed by atoms with E-state index < -0.39 is 0 Å². The first-order valence-electron chi connectivity index (χ1n) is 6.81. The number of imidazole rings is 1. The van der Waals surface area contributed by atoms with E-state index in [0.717, 1.165) is 29.2 Å². The molecule has 0 aromatic carbocycles. The van der Waals surface area contributed by atoms with Crippen LogP contribution < -0.4 is 5.73 Å². The summed E-state index contributed by atoms with van der Waals surface area (Å²) in [6.45, 7) is 7.31. The number of rotatable bonds is 6. The fraction of sp³-hybridized carbons (Fsp3) is 0.615. The Morgan fingerprint density at radius 1 is 1.50 bits per heavy atom. The van der Waals surface area contributed by atoms with Crippen molar-refractivity contribution in [3.05, 3.63) is 11.5 Å². The Morgan fingerprint density at radius 3 is 2.75 bits per heavy atom. The molecule has 110 valence electrons. The zero-order valence-corrected chi connectivity index (χ0v) is 12.8. The predicted octanol–water partition coefficient (Wildman–Crippen LogP) is 2.13. The molecule has 2 heterocycles. The summed E-state index contributed by atoms with van der Waals surface area (Å²) < 4.78 is 3.98. The molecule has 7 heteroatoms. The lowest BCUT2D eigenvalue weighted by Crippen LogP contribution is -2.14. The van der Waals surface area contributed by atoms with Crippen molar-refractivity contribution in [1.29, 1.82) is 0 Å². The molecule has 1 amide bonds. The molecule has 0 aliphatic heterocycles. The summed E-state index contributed by atoms with van der Waals surface area (Å²) >= 11 is 6.22. The van der Waals surface area contributed by atoms with Crippen LogP contribution in [0.3, 0.4) is 0 Å². The first kappa shape index (κ1) is 14.8. The van der Waals surface area contributed by atoms with Crippen molar-refractivity contribution in [2.45, 2.75) is 52.1 Å². The highest BCUT2D eigenvalue weighted by molar-refractivity contribution is 6.20. The van der Waals surface area contributed by atoms with E-state index in [4.69, 9.17) is 17.3 Å². The van der Waals surface area contributed by atoms with Crippen molar-refractivity contribution in [3.8, 4) is 0 Å². The molecule has 2 aromatic heterocycles. The minimum absolute atomic E-state index is 0.194. The molecule has 1 atom stereocenters. The van der Waals surface area contributed by atoms with E-state index in [1.54, 1.807) is 0 Å². The second-order valence-corrected chi connectivity index (χ2v) is 5.54. The quantitative estimate of drug-likeness (QED) is 0.830. The number of halogens is 1. The minimum atomic E-state index is -0.290. The second-order valence-electron chi connectivity index (χ2n) is 4.88. The molecule has 0 fully saturated rings. The van der Waals surface area contributed by atoms with Gasteiger partial charge in [0, 0.05) is 19.5 Å². The first-order chi connectivity index (χ1) is 9.45. The molecule has 0 aliphatic carbocycles. The maximum absolute atomic E-state index is 10.9. The molecule has 2 aromatic rings. The Balaban J connectivity index is 2.46. The Kier molecular flexibility index (Phi) is 4.32. The number of aryl methyl sites for hydroxylation is 3. The summed E-state index contributed by atoms with van der Waals surface area (Å²) in [5.74, 6) is 0.524. The molecule has 0 saturated heterocycles. The van der Waals surface area contributed by atoms with Crippen molar-refractivity contribution >= 4 is 28.7 Å². The normalized spacial score (nSPS) is 13.0. The summed E-state index contributed by atoms with van der Waals surface area (Å²) in [4.78, 5) is 15.5. The third kappa shape index (κ3) is 2.65. The molecule has 6 nitrogen and oxygen atoms in total. The standard InChI is InChI=1S/C13H20ClN5O/c1-4-19-13-11(9(3)17-19)16-12(8(2)14)18(13)7-5-6-10(15)20/h8H,4-7H2,1-3H3,(H2,15,20). The zero-order chi connectivity index (χ0) is 14.9. The lowest BCUT2D eigenvalue weighted by atomic mass is 10.3. The number of carbonyl (C=O) groups is 1. The molecule has 0 radical (unpaired) electrons. The van der Waals surface area contributed by atoms with Gasteiger partial charge in [-0.2, -0.15) is 5.10 Å². The third-order valence-electron chi connectivity index (χ3n) is 3.29. The van der Waals surface area contributed by atoms with Crippen molar-refractivity contribution in [3.63, 3.8) is 0 Å². The van der Waals surface area contributed by atoms with Gasteiger partial charge < -0.3 is 10.3 Å². The van der Waals surface area contributed by atoms with Gasteiger partial charge in [0.15, 0.2) is 5.65 Å². The lowest BCUT2D eigenvalue weighted by molar-refractivity contribution is -0.118. The molecule has 0 aliphatic rings. The summed E-state index contributed by atoms with van der Waals surface area (Å²) in [6, 6.07) is 0. The van der Waals surface area contributed by atoms with E-state index in [9.17, 15) is 4.79 Å². The van der Waals surface area contributed by atoms with Crippen LogP contribution in [0.1, 0.15) is 43.6 Å². The topological polar surface area (TPSA) is 78.7 Å². The fourth-order valence-corrected chi connectivity index (χ4v) is 2.56. The summed E-state index contributed by atoms with van der Waals surface area (Å²) in [6.07, 6.45) is 1.03. The summed E-state index contributed by atoms with van der Waals surface area (Å²) in [5, 5.41) is 4.28. The number of fused-ring (bicyclic) bond motifs is 1. The van der Waals surface area contributed by atoms with Crippen LogP contribution in [0.4, 0.5) is 0 Å². The van der Waals surface area contributed by atoms with E-state index in [2.05, 4.69) is 14.6 Å². The maximum atomic E-state index is 10.9. The number of primary amides is 1. The maximum Gasteiger partial charge on any atom is 0.217 e. The number of amides is 1. The molecule has 0 spiro atoms. The molecule has 0 bridgehead atoms. The zero-order valence-electron chi connectivity index (χ0n) is 12.1. The lowest BCUT2D eigenvalue weighted by Gasteiger charge is -2.11. The summed E-state index contributed by atoms with van der Waals surface area (Å²) in [5.41, 5.74) is 7.94. The highest BCUT2D eigenvalue weighted by Crippen LogP contribution is 2.26. The van der Waals surface area contributed by atoms with Gasteiger partial charge in [-0.05, 0) is 27.2 Å². The van der Waals surface area contributed by atoms with Gasteiger partial charge in [-0.15, -0.1) is 11.6 Å². The van der Waals surface area contributed by atoms with Gasteiger partial charge in [-0.25, -0.2) is 9.67 Å². The number of alkyl halides is 1. The smallest absolute Gasteiger partial charge is 0.217 e. The van der Waals surface area contributed by atoms with Crippen molar-refractivity contribution in [1.82, 2.24) is 19.3 Å². The number of hydrogen-bond donors (Lipinski definition) is 1. The van der Waals surface area contributed by atoms with Crippen LogP contribution in [0.2, 0.25) is 0 Å². The Bertz CT molecular complexity index is 628. The molecular formula is C13H20ClN5O. The Labute approximate surface area is 122 Å². The Hall–Kier alpha value is -1.56.